The highest BCUT2D eigenvalue weighted by Crippen LogP contribution is 2.57. The topological polar surface area (TPSA) is 150 Å². The molecule has 1 aliphatic carbocycles. The number of ketones is 3. The quantitative estimate of drug-likeness (QED) is 0.275. The number of benzene rings is 2. The van der Waals surface area contributed by atoms with E-state index in [2.05, 4.69) is 5.32 Å². The van der Waals surface area contributed by atoms with Crippen LogP contribution in [-0.4, -0.2) is 59.4 Å². The van der Waals surface area contributed by atoms with E-state index in [4.69, 9.17) is 4.74 Å². The first kappa shape index (κ1) is 28.6. The lowest BCUT2D eigenvalue weighted by molar-refractivity contribution is -0.123. The van der Waals surface area contributed by atoms with Gasteiger partial charge < -0.3 is 20.3 Å². The number of carbonyl (C=O) groups excluding carboxylic acids is 3. The Morgan fingerprint density at radius 3 is 2.24 bits per heavy atom. The van der Waals surface area contributed by atoms with Gasteiger partial charge >= 0.3 is 0 Å². The molecule has 41 heavy (non-hydrogen) atoms. The van der Waals surface area contributed by atoms with Crippen molar-refractivity contribution in [1.82, 2.24) is 9.62 Å². The number of piperidine rings is 1. The Hall–Kier alpha value is -3.96. The van der Waals surface area contributed by atoms with Crippen molar-refractivity contribution in [3.63, 3.8) is 0 Å². The van der Waals surface area contributed by atoms with Gasteiger partial charge in [0.25, 0.3) is 0 Å². The molecular formula is C30H32N2O8S. The third kappa shape index (κ3) is 4.34. The van der Waals surface area contributed by atoms with E-state index in [-0.39, 0.29) is 63.5 Å². The fourth-order valence-electron chi connectivity index (χ4n) is 5.84. The number of phenols is 2. The molecule has 1 saturated heterocycles. The van der Waals surface area contributed by atoms with Crippen LogP contribution in [0.1, 0.15) is 60.7 Å². The molecule has 0 spiro atoms. The van der Waals surface area contributed by atoms with Crippen molar-refractivity contribution in [3.8, 4) is 17.2 Å². The highest BCUT2D eigenvalue weighted by Gasteiger charge is 2.56. The van der Waals surface area contributed by atoms with E-state index in [1.165, 1.54) is 31.2 Å². The van der Waals surface area contributed by atoms with Crippen LogP contribution >= 0.6 is 0 Å². The van der Waals surface area contributed by atoms with Gasteiger partial charge in [0, 0.05) is 36.5 Å². The number of hydrogen-bond acceptors (Lipinski definition) is 9. The van der Waals surface area contributed by atoms with Crippen LogP contribution in [0.5, 0.6) is 17.2 Å². The molecular weight excluding hydrogens is 548 g/mol. The molecule has 5 rings (SSSR count). The molecule has 1 unspecified atom stereocenters. The number of ether oxygens (including phenoxy) is 1. The zero-order valence-electron chi connectivity index (χ0n) is 23.5. The highest BCUT2D eigenvalue weighted by molar-refractivity contribution is 7.89. The SMILES string of the molecule is CC(=O)c1c(O)c(C)c(O)c2c1OC1=CC(=O)C(=C(C)NC3CCN(S(=O)(=O)c4ccc(C)cc4)CC3)C(=O)C12C. The molecule has 2 aromatic rings. The maximum absolute atomic E-state index is 14.0. The Morgan fingerprint density at radius 1 is 1.05 bits per heavy atom. The summed E-state index contributed by atoms with van der Waals surface area (Å²) in [4.78, 5) is 39.8. The van der Waals surface area contributed by atoms with Crippen molar-refractivity contribution in [2.75, 3.05) is 13.1 Å². The second-order valence-electron chi connectivity index (χ2n) is 11.0. The number of phenolic OH excluding ortho intramolecular Hbond substituents is 2. The third-order valence-electron chi connectivity index (χ3n) is 8.29. The average Bonchev–Trinajstić information content (AvgIpc) is 3.20. The summed E-state index contributed by atoms with van der Waals surface area (Å²) in [5.41, 5.74) is -0.532. The van der Waals surface area contributed by atoms with Crippen molar-refractivity contribution >= 4 is 27.4 Å². The Balaban J connectivity index is 1.41. The van der Waals surface area contributed by atoms with Gasteiger partial charge in [-0.25, -0.2) is 8.42 Å². The number of nitrogens with one attached hydrogen (secondary N) is 1. The summed E-state index contributed by atoms with van der Waals surface area (Å²) in [5, 5.41) is 24.7. The lowest BCUT2D eigenvalue weighted by Gasteiger charge is -2.33. The summed E-state index contributed by atoms with van der Waals surface area (Å²) < 4.78 is 33.4. The number of fused-ring (bicyclic) bond motifs is 3. The molecule has 0 radical (unpaired) electrons. The monoisotopic (exact) mass is 580 g/mol. The summed E-state index contributed by atoms with van der Waals surface area (Å²) >= 11 is 0. The Morgan fingerprint density at radius 2 is 1.66 bits per heavy atom. The van der Waals surface area contributed by atoms with Crippen molar-refractivity contribution in [2.45, 2.75) is 63.8 Å². The largest absolute Gasteiger partial charge is 0.507 e. The minimum absolute atomic E-state index is 0.0254. The predicted octanol–water partition coefficient (Wildman–Crippen LogP) is 3.32. The van der Waals surface area contributed by atoms with Crippen molar-refractivity contribution in [1.29, 1.82) is 0 Å². The van der Waals surface area contributed by atoms with E-state index in [1.54, 1.807) is 31.2 Å². The average molecular weight is 581 g/mol. The van der Waals surface area contributed by atoms with Gasteiger partial charge in [-0.1, -0.05) is 17.7 Å². The van der Waals surface area contributed by atoms with E-state index in [1.807, 2.05) is 6.92 Å². The number of nitrogens with zero attached hydrogens (tertiary/aromatic N) is 1. The van der Waals surface area contributed by atoms with E-state index in [0.29, 0.717) is 18.5 Å². The number of sulfonamides is 1. The van der Waals surface area contributed by atoms with Gasteiger partial charge in [0.1, 0.15) is 34.0 Å². The molecule has 11 heteroatoms. The molecule has 1 atom stereocenters. The second-order valence-corrected chi connectivity index (χ2v) is 13.0. The molecule has 0 bridgehead atoms. The fraction of sp³-hybridized carbons (Fsp3) is 0.367. The van der Waals surface area contributed by atoms with E-state index >= 15 is 0 Å². The van der Waals surface area contributed by atoms with Crippen LogP contribution in [0.2, 0.25) is 0 Å². The van der Waals surface area contributed by atoms with Gasteiger partial charge in [0.05, 0.1) is 16.0 Å². The Kier molecular flexibility index (Phi) is 6.86. The zero-order valence-corrected chi connectivity index (χ0v) is 24.3. The van der Waals surface area contributed by atoms with Crippen molar-refractivity contribution in [3.05, 3.63) is 69.6 Å². The molecule has 216 valence electrons. The van der Waals surface area contributed by atoms with Gasteiger partial charge in [-0.2, -0.15) is 4.31 Å². The molecule has 3 aliphatic rings. The number of aromatic hydroxyl groups is 2. The van der Waals surface area contributed by atoms with Crippen LogP contribution in [0, 0.1) is 13.8 Å². The molecule has 2 heterocycles. The molecule has 2 aromatic carbocycles. The third-order valence-corrected chi connectivity index (χ3v) is 10.2. The first-order valence-corrected chi connectivity index (χ1v) is 14.8. The minimum Gasteiger partial charge on any atom is -0.507 e. The van der Waals surface area contributed by atoms with E-state index in [9.17, 15) is 33.0 Å². The molecule has 0 aromatic heterocycles. The van der Waals surface area contributed by atoms with Crippen LogP contribution in [0.25, 0.3) is 0 Å². The normalized spacial score (nSPS) is 22.5. The van der Waals surface area contributed by atoms with Gasteiger partial charge in [-0.15, -0.1) is 0 Å². The van der Waals surface area contributed by atoms with Crippen LogP contribution in [0.3, 0.4) is 0 Å². The number of Topliss-reactive ketones (excluding diaryl/α,β-unsaturated/α-hetero) is 2. The first-order chi connectivity index (χ1) is 19.2. The van der Waals surface area contributed by atoms with Gasteiger partial charge in [-0.3, -0.25) is 14.4 Å². The maximum Gasteiger partial charge on any atom is 0.243 e. The summed E-state index contributed by atoms with van der Waals surface area (Å²) in [6, 6.07) is 6.52. The van der Waals surface area contributed by atoms with Gasteiger partial charge in [0.2, 0.25) is 10.0 Å². The fourth-order valence-corrected chi connectivity index (χ4v) is 7.31. The standard InChI is InChI=1S/C30H32N2O8S/c1-15-6-8-20(9-7-15)41(38,39)32-12-10-19(11-13-32)31-17(3)23-21(34)14-22-30(5,29(23)37)25-27(36)16(2)26(35)24(18(4)33)28(25)40-22/h6-9,14,19,31,35-36H,10-13H2,1-5H3. The van der Waals surface area contributed by atoms with Crippen LogP contribution in [-0.2, 0) is 25.0 Å². The predicted molar refractivity (Wildman–Crippen MR) is 149 cm³/mol. The first-order valence-electron chi connectivity index (χ1n) is 13.3. The highest BCUT2D eigenvalue weighted by atomic mass is 32.2. The molecule has 0 saturated carbocycles. The zero-order chi connectivity index (χ0) is 30.0. The molecule has 10 nitrogen and oxygen atoms in total. The van der Waals surface area contributed by atoms with Crippen molar-refractivity contribution in [2.24, 2.45) is 0 Å². The number of aryl methyl sites for hydroxylation is 1. The number of allylic oxidation sites excluding steroid dienone is 4. The number of rotatable bonds is 5. The molecule has 3 N–H and O–H groups in total. The summed E-state index contributed by atoms with van der Waals surface area (Å²) in [6.45, 7) is 8.22. The minimum atomic E-state index is -3.64. The molecule has 2 aliphatic heterocycles. The van der Waals surface area contributed by atoms with E-state index < -0.39 is 38.5 Å². The summed E-state index contributed by atoms with van der Waals surface area (Å²) in [6.07, 6.45) is 2.10. The Labute approximate surface area is 238 Å². The maximum atomic E-state index is 14.0. The summed E-state index contributed by atoms with van der Waals surface area (Å²) in [7, 11) is -3.64. The van der Waals surface area contributed by atoms with Crippen LogP contribution in [0.15, 0.2) is 52.3 Å². The Bertz CT molecular complexity index is 1680. The van der Waals surface area contributed by atoms with Crippen LogP contribution < -0.4 is 10.1 Å². The number of hydrogen-bond donors (Lipinski definition) is 3. The van der Waals surface area contributed by atoms with Crippen LogP contribution in [0.4, 0.5) is 0 Å². The lowest BCUT2D eigenvalue weighted by Crippen LogP contribution is -2.46. The smallest absolute Gasteiger partial charge is 0.243 e. The van der Waals surface area contributed by atoms with Gasteiger partial charge in [0.15, 0.2) is 17.3 Å². The van der Waals surface area contributed by atoms with E-state index in [0.717, 1.165) is 5.56 Å². The summed E-state index contributed by atoms with van der Waals surface area (Å²) in [5.74, 6) is -2.73. The number of carbonyl (C=O) groups is 3. The second kappa shape index (κ2) is 9.85. The lowest BCUT2D eigenvalue weighted by atomic mass is 9.70. The van der Waals surface area contributed by atoms with Gasteiger partial charge in [-0.05, 0) is 59.6 Å². The molecule has 0 amide bonds. The molecule has 1 fully saturated rings. The van der Waals surface area contributed by atoms with Crippen molar-refractivity contribution < 1.29 is 37.8 Å².